The highest BCUT2D eigenvalue weighted by atomic mass is 16.4. The molecule has 0 amide bonds. The number of hydrogen-bond acceptors (Lipinski definition) is 4. The highest BCUT2D eigenvalue weighted by Gasteiger charge is 2.29. The van der Waals surface area contributed by atoms with E-state index in [1.165, 1.54) is 6.07 Å². The maximum atomic E-state index is 11.1. The third-order valence-electron chi connectivity index (χ3n) is 3.13. The van der Waals surface area contributed by atoms with E-state index in [4.69, 9.17) is 14.6 Å². The third-order valence-corrected chi connectivity index (χ3v) is 3.13. The third kappa shape index (κ3) is 2.70. The molecule has 1 fully saturated rings. The van der Waals surface area contributed by atoms with Crippen LogP contribution in [0, 0.1) is 0 Å². The lowest BCUT2D eigenvalue weighted by molar-refractivity contribution is -0.145. The molecule has 1 aliphatic rings. The van der Waals surface area contributed by atoms with Crippen molar-refractivity contribution >= 4 is 11.9 Å². The van der Waals surface area contributed by atoms with Gasteiger partial charge in [-0.25, -0.2) is 4.79 Å². The summed E-state index contributed by atoms with van der Waals surface area (Å²) in [5, 5.41) is 17.9. The van der Waals surface area contributed by atoms with E-state index in [1.807, 2.05) is 4.90 Å². The molecule has 2 heterocycles. The second-order valence-corrected chi connectivity index (χ2v) is 4.39. The Morgan fingerprint density at radius 2 is 2.11 bits per heavy atom. The summed E-state index contributed by atoms with van der Waals surface area (Å²) in [4.78, 5) is 23.6. The van der Waals surface area contributed by atoms with E-state index in [9.17, 15) is 9.59 Å². The van der Waals surface area contributed by atoms with E-state index in [0.717, 1.165) is 12.8 Å². The number of aliphatic carboxylic acids is 1. The molecule has 0 spiro atoms. The van der Waals surface area contributed by atoms with Gasteiger partial charge in [0.25, 0.3) is 0 Å². The van der Waals surface area contributed by atoms with Crippen LogP contribution in [-0.4, -0.2) is 39.6 Å². The predicted octanol–water partition coefficient (Wildman–Crippen LogP) is 1.42. The van der Waals surface area contributed by atoms with E-state index in [1.54, 1.807) is 6.07 Å². The first kappa shape index (κ1) is 12.6. The van der Waals surface area contributed by atoms with Crippen LogP contribution < -0.4 is 0 Å². The highest BCUT2D eigenvalue weighted by Crippen LogP contribution is 2.20. The molecule has 98 valence electrons. The quantitative estimate of drug-likeness (QED) is 0.843. The van der Waals surface area contributed by atoms with E-state index >= 15 is 0 Å². The summed E-state index contributed by atoms with van der Waals surface area (Å²) in [5.74, 6) is -1.58. The lowest BCUT2D eigenvalue weighted by atomic mass is 10.0. The zero-order valence-electron chi connectivity index (χ0n) is 9.83. The minimum absolute atomic E-state index is 0.117. The molecule has 0 bridgehead atoms. The van der Waals surface area contributed by atoms with Gasteiger partial charge in [0.2, 0.25) is 5.76 Å². The number of piperidine rings is 1. The molecular formula is C12H15NO5. The van der Waals surface area contributed by atoms with E-state index in [0.29, 0.717) is 25.3 Å². The van der Waals surface area contributed by atoms with Crippen molar-refractivity contribution in [2.75, 3.05) is 6.54 Å². The Morgan fingerprint density at radius 3 is 2.72 bits per heavy atom. The molecule has 1 unspecified atom stereocenters. The average molecular weight is 253 g/mol. The molecule has 1 saturated heterocycles. The van der Waals surface area contributed by atoms with Gasteiger partial charge in [-0.1, -0.05) is 6.42 Å². The molecule has 0 aliphatic carbocycles. The van der Waals surface area contributed by atoms with Crippen LogP contribution in [0.2, 0.25) is 0 Å². The second-order valence-electron chi connectivity index (χ2n) is 4.39. The smallest absolute Gasteiger partial charge is 0.371 e. The Morgan fingerprint density at radius 1 is 1.33 bits per heavy atom. The fraction of sp³-hybridized carbons (Fsp3) is 0.500. The van der Waals surface area contributed by atoms with Crippen LogP contribution in [0.4, 0.5) is 0 Å². The first-order chi connectivity index (χ1) is 8.58. The van der Waals surface area contributed by atoms with Crippen molar-refractivity contribution in [1.82, 2.24) is 4.90 Å². The summed E-state index contributed by atoms with van der Waals surface area (Å²) in [6.07, 6.45) is 2.49. The van der Waals surface area contributed by atoms with Crippen molar-refractivity contribution in [2.45, 2.75) is 31.8 Å². The lowest BCUT2D eigenvalue weighted by Gasteiger charge is -2.31. The molecule has 18 heavy (non-hydrogen) atoms. The molecule has 6 heteroatoms. The fourth-order valence-electron chi connectivity index (χ4n) is 2.24. The first-order valence-corrected chi connectivity index (χ1v) is 5.87. The van der Waals surface area contributed by atoms with Gasteiger partial charge >= 0.3 is 11.9 Å². The minimum Gasteiger partial charge on any atom is -0.480 e. The van der Waals surface area contributed by atoms with Crippen molar-refractivity contribution in [3.63, 3.8) is 0 Å². The molecule has 0 radical (unpaired) electrons. The van der Waals surface area contributed by atoms with Crippen LogP contribution in [0.5, 0.6) is 0 Å². The van der Waals surface area contributed by atoms with Crippen LogP contribution in [0.15, 0.2) is 16.5 Å². The molecule has 1 aromatic rings. The standard InChI is InChI=1S/C12H15NO5/c14-11(15)9-3-1-2-6-13(9)7-8-4-5-10(18-8)12(16)17/h4-5,9H,1-3,6-7H2,(H,14,15)(H,16,17). The summed E-state index contributed by atoms with van der Waals surface area (Å²) >= 11 is 0. The Kier molecular flexibility index (Phi) is 3.66. The number of nitrogens with zero attached hydrogens (tertiary/aromatic N) is 1. The van der Waals surface area contributed by atoms with Crippen molar-refractivity contribution in [3.05, 3.63) is 23.7 Å². The molecular weight excluding hydrogens is 238 g/mol. The van der Waals surface area contributed by atoms with Crippen LogP contribution in [-0.2, 0) is 11.3 Å². The van der Waals surface area contributed by atoms with Crippen molar-refractivity contribution < 1.29 is 24.2 Å². The highest BCUT2D eigenvalue weighted by molar-refractivity contribution is 5.84. The maximum Gasteiger partial charge on any atom is 0.371 e. The van der Waals surface area contributed by atoms with Crippen LogP contribution in [0.25, 0.3) is 0 Å². The average Bonchev–Trinajstić information content (AvgIpc) is 2.78. The number of aromatic carboxylic acids is 1. The second kappa shape index (κ2) is 5.22. The first-order valence-electron chi connectivity index (χ1n) is 5.87. The Hall–Kier alpha value is -1.82. The monoisotopic (exact) mass is 253 g/mol. The Labute approximate surface area is 104 Å². The Balaban J connectivity index is 2.06. The number of rotatable bonds is 4. The normalized spacial score (nSPS) is 20.8. The van der Waals surface area contributed by atoms with Crippen molar-refractivity contribution in [2.24, 2.45) is 0 Å². The summed E-state index contributed by atoms with van der Waals surface area (Å²) < 4.78 is 5.14. The summed E-state index contributed by atoms with van der Waals surface area (Å²) in [6, 6.07) is 2.46. The number of carbonyl (C=O) groups is 2. The van der Waals surface area contributed by atoms with Crippen LogP contribution >= 0.6 is 0 Å². The SMILES string of the molecule is O=C(O)c1ccc(CN2CCCCC2C(=O)O)o1. The van der Waals surface area contributed by atoms with E-state index in [-0.39, 0.29) is 5.76 Å². The van der Waals surface area contributed by atoms with Gasteiger partial charge in [-0.05, 0) is 31.5 Å². The van der Waals surface area contributed by atoms with Gasteiger partial charge in [-0.2, -0.15) is 0 Å². The van der Waals surface area contributed by atoms with Gasteiger partial charge in [-0.3, -0.25) is 9.69 Å². The zero-order chi connectivity index (χ0) is 13.1. The summed E-state index contributed by atoms with van der Waals surface area (Å²) in [7, 11) is 0. The van der Waals surface area contributed by atoms with Gasteiger partial charge in [0.05, 0.1) is 6.54 Å². The number of carboxylic acids is 2. The van der Waals surface area contributed by atoms with Crippen molar-refractivity contribution in [3.8, 4) is 0 Å². The van der Waals surface area contributed by atoms with Gasteiger partial charge in [-0.15, -0.1) is 0 Å². The van der Waals surface area contributed by atoms with Crippen LogP contribution in [0.1, 0.15) is 35.6 Å². The molecule has 2 N–H and O–H groups in total. The Bertz CT molecular complexity index is 453. The molecule has 6 nitrogen and oxygen atoms in total. The topological polar surface area (TPSA) is 91.0 Å². The molecule has 0 aromatic carbocycles. The molecule has 0 saturated carbocycles. The van der Waals surface area contributed by atoms with E-state index < -0.39 is 18.0 Å². The van der Waals surface area contributed by atoms with E-state index in [2.05, 4.69) is 0 Å². The molecule has 1 aromatic heterocycles. The van der Waals surface area contributed by atoms with Gasteiger partial charge in [0.15, 0.2) is 0 Å². The molecule has 2 rings (SSSR count). The predicted molar refractivity (Wildman–Crippen MR) is 61.4 cm³/mol. The lowest BCUT2D eigenvalue weighted by Crippen LogP contribution is -2.43. The van der Waals surface area contributed by atoms with Gasteiger partial charge < -0.3 is 14.6 Å². The summed E-state index contributed by atoms with van der Waals surface area (Å²) in [5.41, 5.74) is 0. The van der Waals surface area contributed by atoms with Crippen molar-refractivity contribution in [1.29, 1.82) is 0 Å². The number of likely N-dealkylation sites (tertiary alicyclic amines) is 1. The minimum atomic E-state index is -1.12. The van der Waals surface area contributed by atoms with Gasteiger partial charge in [0.1, 0.15) is 11.8 Å². The molecule has 1 atom stereocenters. The van der Waals surface area contributed by atoms with Crippen LogP contribution in [0.3, 0.4) is 0 Å². The number of hydrogen-bond donors (Lipinski definition) is 2. The summed E-state index contributed by atoms with van der Waals surface area (Å²) in [6.45, 7) is 1.03. The maximum absolute atomic E-state index is 11.1. The largest absolute Gasteiger partial charge is 0.480 e. The number of furan rings is 1. The number of carboxylic acid groups (broad SMARTS) is 2. The fourth-order valence-corrected chi connectivity index (χ4v) is 2.24. The molecule has 1 aliphatic heterocycles. The van der Waals surface area contributed by atoms with Gasteiger partial charge in [0, 0.05) is 0 Å². The zero-order valence-corrected chi connectivity index (χ0v) is 9.83.